The van der Waals surface area contributed by atoms with E-state index >= 15 is 0 Å². The number of hydrogen-bond donors (Lipinski definition) is 1. The standard InChI is InChI=1S/C16H24FNO2/c1-16(2,3)18-9-13-6-7-15(14(17)8-13)20-11-19-10-12-4-5-12/h6-8,12,18H,4-5,9-11H2,1-3H3. The summed E-state index contributed by atoms with van der Waals surface area (Å²) in [6.45, 7) is 7.72. The highest BCUT2D eigenvalue weighted by molar-refractivity contribution is 5.29. The third kappa shape index (κ3) is 5.47. The number of hydrogen-bond acceptors (Lipinski definition) is 3. The maximum absolute atomic E-state index is 13.9. The lowest BCUT2D eigenvalue weighted by molar-refractivity contribution is 0.00791. The van der Waals surface area contributed by atoms with Gasteiger partial charge in [-0.05, 0) is 57.2 Å². The van der Waals surface area contributed by atoms with Gasteiger partial charge in [0.05, 0.1) is 6.61 Å². The fraction of sp³-hybridized carbons (Fsp3) is 0.625. The minimum atomic E-state index is -0.340. The highest BCUT2D eigenvalue weighted by Crippen LogP contribution is 2.28. The third-order valence-corrected chi connectivity index (χ3v) is 3.17. The summed E-state index contributed by atoms with van der Waals surface area (Å²) >= 11 is 0. The van der Waals surface area contributed by atoms with Crippen LogP contribution < -0.4 is 10.1 Å². The zero-order valence-electron chi connectivity index (χ0n) is 12.5. The molecule has 20 heavy (non-hydrogen) atoms. The monoisotopic (exact) mass is 281 g/mol. The van der Waals surface area contributed by atoms with Gasteiger partial charge in [0.2, 0.25) is 0 Å². The lowest BCUT2D eigenvalue weighted by atomic mass is 10.1. The molecular weight excluding hydrogens is 257 g/mol. The van der Waals surface area contributed by atoms with Crippen molar-refractivity contribution < 1.29 is 13.9 Å². The fourth-order valence-corrected chi connectivity index (χ4v) is 1.74. The lowest BCUT2D eigenvalue weighted by Crippen LogP contribution is -2.35. The molecular formula is C16H24FNO2. The molecule has 0 spiro atoms. The molecule has 4 heteroatoms. The van der Waals surface area contributed by atoms with Gasteiger partial charge >= 0.3 is 0 Å². The quantitative estimate of drug-likeness (QED) is 0.613. The molecule has 0 amide bonds. The molecule has 1 aromatic carbocycles. The fourth-order valence-electron chi connectivity index (χ4n) is 1.74. The summed E-state index contributed by atoms with van der Waals surface area (Å²) in [4.78, 5) is 0. The Bertz CT molecular complexity index is 439. The summed E-state index contributed by atoms with van der Waals surface area (Å²) in [5, 5.41) is 3.32. The average Bonchev–Trinajstić information content (AvgIpc) is 3.17. The number of rotatable bonds is 7. The molecule has 1 N–H and O–H groups in total. The number of nitrogens with one attached hydrogen (secondary N) is 1. The van der Waals surface area contributed by atoms with E-state index in [1.165, 1.54) is 18.9 Å². The summed E-state index contributed by atoms with van der Waals surface area (Å²) in [7, 11) is 0. The molecule has 0 radical (unpaired) electrons. The topological polar surface area (TPSA) is 30.5 Å². The Kier molecular flexibility index (Phi) is 5.00. The van der Waals surface area contributed by atoms with Crippen LogP contribution in [0.1, 0.15) is 39.2 Å². The molecule has 0 unspecified atom stereocenters. The van der Waals surface area contributed by atoms with Gasteiger partial charge in [-0.1, -0.05) is 6.07 Å². The van der Waals surface area contributed by atoms with E-state index in [1.807, 2.05) is 6.07 Å². The van der Waals surface area contributed by atoms with Crippen molar-refractivity contribution in [3.8, 4) is 5.75 Å². The Hall–Kier alpha value is -1.13. The summed E-state index contributed by atoms with van der Waals surface area (Å²) in [6, 6.07) is 5.04. The average molecular weight is 281 g/mol. The summed E-state index contributed by atoms with van der Waals surface area (Å²) < 4.78 is 24.5. The van der Waals surface area contributed by atoms with Gasteiger partial charge in [0, 0.05) is 12.1 Å². The highest BCUT2D eigenvalue weighted by Gasteiger charge is 2.21. The molecule has 1 saturated carbocycles. The highest BCUT2D eigenvalue weighted by atomic mass is 19.1. The number of benzene rings is 1. The minimum Gasteiger partial charge on any atom is -0.464 e. The van der Waals surface area contributed by atoms with Crippen molar-refractivity contribution in [3.63, 3.8) is 0 Å². The van der Waals surface area contributed by atoms with Crippen molar-refractivity contribution >= 4 is 0 Å². The molecule has 0 atom stereocenters. The van der Waals surface area contributed by atoms with Gasteiger partial charge in [0.15, 0.2) is 18.4 Å². The molecule has 2 rings (SSSR count). The normalized spacial score (nSPS) is 15.4. The van der Waals surface area contributed by atoms with Gasteiger partial charge in [-0.15, -0.1) is 0 Å². The summed E-state index contributed by atoms with van der Waals surface area (Å²) in [5.74, 6) is 0.600. The van der Waals surface area contributed by atoms with Crippen molar-refractivity contribution in [1.82, 2.24) is 5.32 Å². The van der Waals surface area contributed by atoms with E-state index in [-0.39, 0.29) is 23.9 Å². The molecule has 1 aromatic rings. The van der Waals surface area contributed by atoms with Crippen LogP contribution in [0.4, 0.5) is 4.39 Å². The van der Waals surface area contributed by atoms with Gasteiger partial charge in [-0.25, -0.2) is 4.39 Å². The Labute approximate surface area is 120 Å². The van der Waals surface area contributed by atoms with Crippen molar-refractivity contribution in [2.75, 3.05) is 13.4 Å². The van der Waals surface area contributed by atoms with Crippen LogP contribution in [-0.2, 0) is 11.3 Å². The first-order valence-corrected chi connectivity index (χ1v) is 7.18. The first-order chi connectivity index (χ1) is 9.44. The Balaban J connectivity index is 1.78. The Morgan fingerprint density at radius 2 is 2.05 bits per heavy atom. The molecule has 0 bridgehead atoms. The van der Waals surface area contributed by atoms with Crippen LogP contribution in [0, 0.1) is 11.7 Å². The van der Waals surface area contributed by atoms with Crippen LogP contribution in [-0.4, -0.2) is 18.9 Å². The molecule has 0 aliphatic heterocycles. The first-order valence-electron chi connectivity index (χ1n) is 7.18. The van der Waals surface area contributed by atoms with Gasteiger partial charge in [0.1, 0.15) is 0 Å². The Morgan fingerprint density at radius 3 is 2.65 bits per heavy atom. The first kappa shape index (κ1) is 15.3. The second-order valence-corrected chi connectivity index (χ2v) is 6.44. The number of ether oxygens (including phenoxy) is 2. The maximum Gasteiger partial charge on any atom is 0.189 e. The second-order valence-electron chi connectivity index (χ2n) is 6.44. The van der Waals surface area contributed by atoms with E-state index in [2.05, 4.69) is 26.1 Å². The molecule has 1 aliphatic carbocycles. The minimum absolute atomic E-state index is 0.0162. The van der Waals surface area contributed by atoms with E-state index in [4.69, 9.17) is 9.47 Å². The largest absolute Gasteiger partial charge is 0.464 e. The molecule has 0 saturated heterocycles. The van der Waals surface area contributed by atoms with Crippen LogP contribution in [0.5, 0.6) is 5.75 Å². The van der Waals surface area contributed by atoms with E-state index in [0.29, 0.717) is 12.5 Å². The maximum atomic E-state index is 13.9. The molecule has 0 heterocycles. The van der Waals surface area contributed by atoms with E-state index in [1.54, 1.807) is 6.07 Å². The SMILES string of the molecule is CC(C)(C)NCc1ccc(OCOCC2CC2)c(F)c1. The zero-order chi connectivity index (χ0) is 14.6. The second kappa shape index (κ2) is 6.55. The van der Waals surface area contributed by atoms with Gasteiger partial charge in [0.25, 0.3) is 0 Å². The van der Waals surface area contributed by atoms with Gasteiger partial charge in [-0.3, -0.25) is 0 Å². The van der Waals surface area contributed by atoms with Gasteiger partial charge < -0.3 is 14.8 Å². The van der Waals surface area contributed by atoms with Gasteiger partial charge in [-0.2, -0.15) is 0 Å². The molecule has 112 valence electrons. The van der Waals surface area contributed by atoms with Crippen LogP contribution in [0.3, 0.4) is 0 Å². The predicted octanol–water partition coefficient (Wildman–Crippen LogP) is 3.48. The van der Waals surface area contributed by atoms with Crippen LogP contribution in [0.15, 0.2) is 18.2 Å². The molecule has 0 aromatic heterocycles. The van der Waals surface area contributed by atoms with E-state index in [0.717, 1.165) is 12.2 Å². The summed E-state index contributed by atoms with van der Waals surface area (Å²) in [6.07, 6.45) is 2.48. The van der Waals surface area contributed by atoms with Crippen LogP contribution in [0.2, 0.25) is 0 Å². The molecule has 1 aliphatic rings. The smallest absolute Gasteiger partial charge is 0.189 e. The van der Waals surface area contributed by atoms with E-state index < -0.39 is 0 Å². The van der Waals surface area contributed by atoms with Crippen molar-refractivity contribution in [2.24, 2.45) is 5.92 Å². The van der Waals surface area contributed by atoms with Crippen molar-refractivity contribution in [2.45, 2.75) is 45.7 Å². The zero-order valence-corrected chi connectivity index (χ0v) is 12.5. The van der Waals surface area contributed by atoms with Crippen LogP contribution in [0.25, 0.3) is 0 Å². The van der Waals surface area contributed by atoms with Crippen molar-refractivity contribution in [1.29, 1.82) is 0 Å². The summed E-state index contributed by atoms with van der Waals surface area (Å²) in [5.41, 5.74) is 0.922. The lowest BCUT2D eigenvalue weighted by Gasteiger charge is -2.20. The molecule has 3 nitrogen and oxygen atoms in total. The van der Waals surface area contributed by atoms with Crippen LogP contribution >= 0.6 is 0 Å². The molecule has 1 fully saturated rings. The Morgan fingerprint density at radius 1 is 1.30 bits per heavy atom. The van der Waals surface area contributed by atoms with Crippen molar-refractivity contribution in [3.05, 3.63) is 29.6 Å². The van der Waals surface area contributed by atoms with E-state index in [9.17, 15) is 4.39 Å². The number of halogens is 1. The third-order valence-electron chi connectivity index (χ3n) is 3.17. The predicted molar refractivity (Wildman–Crippen MR) is 77.2 cm³/mol.